The zero-order valence-corrected chi connectivity index (χ0v) is 28.9. The molecule has 4 atom stereocenters. The average molecular weight is 656 g/mol. The molecule has 0 spiro atoms. The van der Waals surface area contributed by atoms with Crippen molar-refractivity contribution in [3.8, 4) is 0 Å². The van der Waals surface area contributed by atoms with Crippen LogP contribution in [0, 0.1) is 5.92 Å². The number of likely N-dealkylation sites (tertiary alicyclic amines) is 2. The summed E-state index contributed by atoms with van der Waals surface area (Å²) in [5, 5.41) is 4.65. The Bertz CT molecular complexity index is 1330. The number of hydrogen-bond acceptors (Lipinski definition) is 5. The lowest BCUT2D eigenvalue weighted by molar-refractivity contribution is -0.202. The fraction of sp³-hybridized carbons (Fsp3) is 0.525. The molecule has 3 aromatic rings. The van der Waals surface area contributed by atoms with Crippen molar-refractivity contribution < 1.29 is 14.2 Å². The second-order valence-electron chi connectivity index (χ2n) is 13.8. The molecule has 2 aliphatic heterocycles. The van der Waals surface area contributed by atoms with Crippen molar-refractivity contribution in [2.45, 2.75) is 102 Å². The molecule has 252 valence electrons. The zero-order chi connectivity index (χ0) is 32.3. The molecule has 2 heterocycles. The Morgan fingerprint density at radius 3 is 1.74 bits per heavy atom. The van der Waals surface area contributed by atoms with E-state index in [2.05, 4.69) is 107 Å². The van der Waals surface area contributed by atoms with Gasteiger partial charge in [-0.3, -0.25) is 4.90 Å². The van der Waals surface area contributed by atoms with Gasteiger partial charge in [-0.1, -0.05) is 110 Å². The number of piperidine rings is 2. The predicted molar refractivity (Wildman–Crippen MR) is 193 cm³/mol. The first kappa shape index (κ1) is 34.1. The highest BCUT2D eigenvalue weighted by atomic mass is 32.1. The van der Waals surface area contributed by atoms with Crippen LogP contribution in [0.3, 0.4) is 0 Å². The molecular formula is C40H53N3O3S. The number of hydrogen-bond donors (Lipinski definition) is 1. The van der Waals surface area contributed by atoms with E-state index in [1.165, 1.54) is 43.2 Å². The molecule has 3 aromatic carbocycles. The molecule has 0 amide bonds. The normalized spacial score (nSPS) is 24.7. The van der Waals surface area contributed by atoms with Gasteiger partial charge >= 0.3 is 0 Å². The van der Waals surface area contributed by atoms with Crippen LogP contribution in [-0.2, 0) is 34.0 Å². The van der Waals surface area contributed by atoms with E-state index in [4.69, 9.17) is 26.4 Å². The molecule has 6 nitrogen and oxygen atoms in total. The Morgan fingerprint density at radius 1 is 0.681 bits per heavy atom. The largest absolute Gasteiger partial charge is 0.369 e. The first-order valence-corrected chi connectivity index (χ1v) is 18.3. The molecular weight excluding hydrogens is 603 g/mol. The van der Waals surface area contributed by atoms with E-state index >= 15 is 0 Å². The van der Waals surface area contributed by atoms with Gasteiger partial charge < -0.3 is 24.4 Å². The van der Waals surface area contributed by atoms with Crippen LogP contribution in [0.1, 0.15) is 68.6 Å². The Labute approximate surface area is 287 Å². The van der Waals surface area contributed by atoms with Gasteiger partial charge in [0, 0.05) is 38.3 Å². The minimum absolute atomic E-state index is 0.122. The van der Waals surface area contributed by atoms with Crippen LogP contribution in [-0.4, -0.2) is 71.5 Å². The number of ether oxygens (including phenoxy) is 3. The first-order valence-electron chi connectivity index (χ1n) is 17.9. The molecule has 7 heteroatoms. The van der Waals surface area contributed by atoms with E-state index in [9.17, 15) is 0 Å². The number of nitrogens with one attached hydrogen (secondary N) is 1. The molecule has 0 unspecified atom stereocenters. The van der Waals surface area contributed by atoms with E-state index in [-0.39, 0.29) is 24.4 Å². The molecule has 47 heavy (non-hydrogen) atoms. The summed E-state index contributed by atoms with van der Waals surface area (Å²) in [7, 11) is 0. The van der Waals surface area contributed by atoms with Crippen LogP contribution in [0.15, 0.2) is 91.0 Å². The summed E-state index contributed by atoms with van der Waals surface area (Å²) in [5.74, 6) is 0.609. The van der Waals surface area contributed by atoms with Crippen molar-refractivity contribution in [1.82, 2.24) is 15.1 Å². The maximum Gasteiger partial charge on any atom is 0.169 e. The summed E-state index contributed by atoms with van der Waals surface area (Å²) in [4.78, 5) is 5.03. The van der Waals surface area contributed by atoms with Crippen LogP contribution in [0.2, 0.25) is 0 Å². The Balaban J connectivity index is 1.14. The molecule has 0 aromatic heterocycles. The van der Waals surface area contributed by atoms with Gasteiger partial charge in [-0.2, -0.15) is 0 Å². The van der Waals surface area contributed by atoms with E-state index in [0.29, 0.717) is 31.8 Å². The molecule has 1 N–H and O–H groups in total. The monoisotopic (exact) mass is 655 g/mol. The zero-order valence-electron chi connectivity index (χ0n) is 28.1. The smallest absolute Gasteiger partial charge is 0.169 e. The molecule has 3 fully saturated rings. The summed E-state index contributed by atoms with van der Waals surface area (Å²) in [6.45, 7) is 7.84. The third-order valence-electron chi connectivity index (χ3n) is 10.4. The minimum atomic E-state index is -0.195. The van der Waals surface area contributed by atoms with Crippen molar-refractivity contribution >= 4 is 17.3 Å². The van der Waals surface area contributed by atoms with Crippen LogP contribution < -0.4 is 5.32 Å². The highest BCUT2D eigenvalue weighted by Gasteiger charge is 2.44. The van der Waals surface area contributed by atoms with E-state index in [0.717, 1.165) is 49.7 Å². The SMILES string of the molecule is C[C@@H]1[C@@H](OCc2ccccc2)[C@H](OCc2ccccc2)[C@@H](OCc2ccccc2)CN1CC1CCN(C(=S)NC2CCCCC2)CC1. The number of rotatable bonds is 12. The average Bonchev–Trinajstić information content (AvgIpc) is 3.12. The summed E-state index contributed by atoms with van der Waals surface area (Å²) in [6.07, 6.45) is 8.34. The van der Waals surface area contributed by atoms with Crippen molar-refractivity contribution in [3.63, 3.8) is 0 Å². The van der Waals surface area contributed by atoms with E-state index in [1.807, 2.05) is 6.07 Å². The lowest BCUT2D eigenvalue weighted by atomic mass is 9.90. The van der Waals surface area contributed by atoms with E-state index < -0.39 is 0 Å². The van der Waals surface area contributed by atoms with Crippen LogP contribution in [0.25, 0.3) is 0 Å². The van der Waals surface area contributed by atoms with Gasteiger partial charge in [0.15, 0.2) is 5.11 Å². The van der Waals surface area contributed by atoms with Gasteiger partial charge in [-0.25, -0.2) is 0 Å². The van der Waals surface area contributed by atoms with Crippen molar-refractivity contribution in [3.05, 3.63) is 108 Å². The lowest BCUT2D eigenvalue weighted by Gasteiger charge is -2.49. The van der Waals surface area contributed by atoms with Gasteiger partial charge in [-0.05, 0) is 67.4 Å². The molecule has 2 saturated heterocycles. The summed E-state index contributed by atoms with van der Waals surface area (Å²) in [5.41, 5.74) is 3.51. The van der Waals surface area contributed by atoms with Crippen LogP contribution in [0.5, 0.6) is 0 Å². The van der Waals surface area contributed by atoms with Crippen LogP contribution >= 0.6 is 12.2 Å². The predicted octanol–water partition coefficient (Wildman–Crippen LogP) is 7.37. The van der Waals surface area contributed by atoms with Crippen molar-refractivity contribution in [1.29, 1.82) is 0 Å². The Kier molecular flexibility index (Phi) is 12.7. The van der Waals surface area contributed by atoms with Gasteiger partial charge in [0.05, 0.1) is 25.9 Å². The van der Waals surface area contributed by atoms with Gasteiger partial charge in [0.2, 0.25) is 0 Å². The highest BCUT2D eigenvalue weighted by molar-refractivity contribution is 7.80. The molecule has 0 bridgehead atoms. The van der Waals surface area contributed by atoms with Gasteiger partial charge in [-0.15, -0.1) is 0 Å². The fourth-order valence-corrected chi connectivity index (χ4v) is 7.84. The first-order chi connectivity index (χ1) is 23.1. The fourth-order valence-electron chi connectivity index (χ4n) is 7.49. The summed E-state index contributed by atoms with van der Waals surface area (Å²) >= 11 is 5.87. The molecule has 1 saturated carbocycles. The topological polar surface area (TPSA) is 46.2 Å². The second kappa shape index (κ2) is 17.5. The molecule has 3 aliphatic rings. The maximum atomic E-state index is 6.82. The minimum Gasteiger partial charge on any atom is -0.369 e. The van der Waals surface area contributed by atoms with Crippen molar-refractivity contribution in [2.75, 3.05) is 26.2 Å². The Hall–Kier alpha value is -2.81. The van der Waals surface area contributed by atoms with Crippen molar-refractivity contribution in [2.24, 2.45) is 5.92 Å². The maximum absolute atomic E-state index is 6.82. The lowest BCUT2D eigenvalue weighted by Crippen LogP contribution is -2.63. The number of thiocarbonyl (C=S) groups is 1. The Morgan fingerprint density at radius 2 is 1.19 bits per heavy atom. The summed E-state index contributed by atoms with van der Waals surface area (Å²) in [6, 6.07) is 32.1. The molecule has 1 aliphatic carbocycles. The standard InChI is InChI=1S/C40H53N3O3S/c1-31-38(45-29-34-16-8-3-9-17-34)39(46-30-35-18-10-4-11-19-35)37(44-28-33-14-6-2-7-15-33)27-43(31)26-32-22-24-42(25-23-32)40(47)41-36-20-12-5-13-21-36/h2-4,6-11,14-19,31-32,36-39H,5,12-13,20-30H2,1H3,(H,41,47)/t31-,37+,38-,39-/m1/s1. The molecule has 6 rings (SSSR count). The van der Waals surface area contributed by atoms with Crippen LogP contribution in [0.4, 0.5) is 0 Å². The molecule has 0 radical (unpaired) electrons. The third-order valence-corrected chi connectivity index (χ3v) is 10.7. The van der Waals surface area contributed by atoms with Gasteiger partial charge in [0.1, 0.15) is 12.2 Å². The quantitative estimate of drug-likeness (QED) is 0.205. The number of benzene rings is 3. The van der Waals surface area contributed by atoms with Gasteiger partial charge in [0.25, 0.3) is 0 Å². The van der Waals surface area contributed by atoms with E-state index in [1.54, 1.807) is 0 Å². The third kappa shape index (κ3) is 9.86. The summed E-state index contributed by atoms with van der Waals surface area (Å²) < 4.78 is 20.4. The highest BCUT2D eigenvalue weighted by Crippen LogP contribution is 2.31. The number of nitrogens with zero attached hydrogens (tertiary/aromatic N) is 2. The second-order valence-corrected chi connectivity index (χ2v) is 14.2.